The van der Waals surface area contributed by atoms with Crippen molar-refractivity contribution >= 4 is 21.7 Å². The fraction of sp³-hybridized carbons (Fsp3) is 0.500. The number of rotatable bonds is 6. The first-order valence-corrected chi connectivity index (χ1v) is 9.14. The molecule has 0 radical (unpaired) electrons. The van der Waals surface area contributed by atoms with E-state index in [1.165, 1.54) is 19.2 Å². The molecule has 1 aromatic rings. The Morgan fingerprint density at radius 2 is 1.83 bits per heavy atom. The van der Waals surface area contributed by atoms with Gasteiger partial charge in [-0.05, 0) is 37.5 Å². The van der Waals surface area contributed by atoms with Crippen LogP contribution in [0, 0.1) is 5.41 Å². The molecule has 6 nitrogen and oxygen atoms in total. The van der Waals surface area contributed by atoms with Crippen molar-refractivity contribution in [1.82, 2.24) is 5.32 Å². The number of carbonyl (C=O) groups excluding carboxylic acids is 2. The Balaban J connectivity index is 2.08. The summed E-state index contributed by atoms with van der Waals surface area (Å²) in [6.45, 7) is 3.38. The smallest absolute Gasteiger partial charge is 0.321 e. The Bertz CT molecular complexity index is 704. The van der Waals surface area contributed by atoms with Crippen molar-refractivity contribution in [2.75, 3.05) is 12.9 Å². The molecule has 1 amide bonds. The second-order valence-electron chi connectivity index (χ2n) is 5.74. The topological polar surface area (TPSA) is 89.5 Å². The quantitative estimate of drug-likeness (QED) is 0.628. The average molecular weight is 339 g/mol. The highest BCUT2D eigenvalue weighted by Crippen LogP contribution is 2.47. The van der Waals surface area contributed by atoms with Crippen molar-refractivity contribution in [3.05, 3.63) is 29.8 Å². The number of sulfone groups is 1. The summed E-state index contributed by atoms with van der Waals surface area (Å²) < 4.78 is 28.3. The summed E-state index contributed by atoms with van der Waals surface area (Å²) in [6.07, 6.45) is 0.984. The minimum Gasteiger partial charge on any atom is -0.468 e. The summed E-state index contributed by atoms with van der Waals surface area (Å²) in [7, 11) is -1.97. The summed E-state index contributed by atoms with van der Waals surface area (Å²) in [5.41, 5.74) is -0.275. The third kappa shape index (κ3) is 3.39. The zero-order chi connectivity index (χ0) is 17.3. The van der Waals surface area contributed by atoms with Crippen molar-refractivity contribution in [2.45, 2.75) is 37.6 Å². The van der Waals surface area contributed by atoms with Gasteiger partial charge >= 0.3 is 5.97 Å². The number of carbonyl (C=O) groups is 2. The number of benzene rings is 1. The van der Waals surface area contributed by atoms with Crippen LogP contribution in [0.3, 0.4) is 0 Å². The highest BCUT2D eigenvalue weighted by atomic mass is 32.2. The Labute approximate surface area is 136 Å². The number of methoxy groups -OCH3 is 1. The Morgan fingerprint density at radius 1 is 1.26 bits per heavy atom. The van der Waals surface area contributed by atoms with Crippen LogP contribution in [-0.4, -0.2) is 33.2 Å². The highest BCUT2D eigenvalue weighted by Gasteiger charge is 2.57. The Kier molecular flexibility index (Phi) is 4.79. The Hall–Kier alpha value is -1.89. The lowest BCUT2D eigenvalue weighted by Crippen LogP contribution is -2.39. The molecule has 0 spiro atoms. The van der Waals surface area contributed by atoms with E-state index in [1.54, 1.807) is 26.0 Å². The van der Waals surface area contributed by atoms with E-state index in [1.807, 2.05) is 0 Å². The van der Waals surface area contributed by atoms with Gasteiger partial charge in [-0.25, -0.2) is 8.42 Å². The molecular weight excluding hydrogens is 318 g/mol. The maximum Gasteiger partial charge on any atom is 0.321 e. The molecule has 1 aromatic carbocycles. The van der Waals surface area contributed by atoms with Crippen molar-refractivity contribution in [1.29, 1.82) is 0 Å². The molecule has 7 heteroatoms. The van der Waals surface area contributed by atoms with Gasteiger partial charge in [0, 0.05) is 0 Å². The molecule has 126 valence electrons. The SMILES string of the molecule is CCS(=O)(=O)c1ccc([C@@H](C)NC(=O)C2(C(=O)OC)CC2)cc1. The molecular formula is C16H21NO5S. The van der Waals surface area contributed by atoms with Gasteiger partial charge in [-0.3, -0.25) is 9.59 Å². The molecule has 1 saturated carbocycles. The lowest BCUT2D eigenvalue weighted by Gasteiger charge is -2.18. The van der Waals surface area contributed by atoms with Gasteiger partial charge in [-0.2, -0.15) is 0 Å². The molecule has 1 fully saturated rings. The third-order valence-electron chi connectivity index (χ3n) is 4.23. The molecule has 1 aliphatic rings. The molecule has 0 bridgehead atoms. The molecule has 1 N–H and O–H groups in total. The second kappa shape index (κ2) is 6.31. The molecule has 0 aliphatic heterocycles. The summed E-state index contributed by atoms with van der Waals surface area (Å²) in [6, 6.07) is 6.08. The first-order chi connectivity index (χ1) is 10.8. The molecule has 0 unspecified atom stereocenters. The monoisotopic (exact) mass is 339 g/mol. The van der Waals surface area contributed by atoms with Crippen molar-refractivity contribution < 1.29 is 22.7 Å². The summed E-state index contributed by atoms with van der Waals surface area (Å²) in [5.74, 6) is -0.811. The van der Waals surface area contributed by atoms with E-state index in [9.17, 15) is 18.0 Å². The molecule has 2 rings (SSSR count). The van der Waals surface area contributed by atoms with Gasteiger partial charge in [0.15, 0.2) is 9.84 Å². The van der Waals surface area contributed by atoms with Crippen LogP contribution in [0.1, 0.15) is 38.3 Å². The van der Waals surface area contributed by atoms with E-state index >= 15 is 0 Å². The first-order valence-electron chi connectivity index (χ1n) is 7.49. The number of ether oxygens (including phenoxy) is 1. The maximum absolute atomic E-state index is 12.3. The summed E-state index contributed by atoms with van der Waals surface area (Å²) in [5, 5.41) is 2.80. The number of amides is 1. The van der Waals surface area contributed by atoms with Crippen LogP contribution in [0.2, 0.25) is 0 Å². The molecule has 1 atom stereocenters. The summed E-state index contributed by atoms with van der Waals surface area (Å²) in [4.78, 5) is 24.2. The predicted octanol–water partition coefficient (Wildman–Crippen LogP) is 1.61. The number of nitrogens with one attached hydrogen (secondary N) is 1. The Morgan fingerprint density at radius 3 is 2.26 bits per heavy atom. The van der Waals surface area contributed by atoms with Gasteiger partial charge in [0.05, 0.1) is 23.8 Å². The number of esters is 1. The molecule has 1 aliphatic carbocycles. The van der Waals surface area contributed by atoms with E-state index in [0.29, 0.717) is 12.8 Å². The van der Waals surface area contributed by atoms with Crippen LogP contribution < -0.4 is 5.32 Å². The fourth-order valence-electron chi connectivity index (χ4n) is 2.39. The highest BCUT2D eigenvalue weighted by molar-refractivity contribution is 7.91. The summed E-state index contributed by atoms with van der Waals surface area (Å²) >= 11 is 0. The van der Waals surface area contributed by atoms with E-state index in [2.05, 4.69) is 10.1 Å². The zero-order valence-corrected chi connectivity index (χ0v) is 14.3. The minimum absolute atomic E-state index is 0.0419. The van der Waals surface area contributed by atoms with Crippen LogP contribution in [-0.2, 0) is 24.2 Å². The van der Waals surface area contributed by atoms with E-state index in [4.69, 9.17) is 0 Å². The number of hydrogen-bond donors (Lipinski definition) is 1. The van der Waals surface area contributed by atoms with Gasteiger partial charge in [-0.1, -0.05) is 19.1 Å². The zero-order valence-electron chi connectivity index (χ0n) is 13.5. The van der Waals surface area contributed by atoms with Gasteiger partial charge in [0.25, 0.3) is 0 Å². The van der Waals surface area contributed by atoms with Crippen LogP contribution in [0.5, 0.6) is 0 Å². The van der Waals surface area contributed by atoms with Crippen molar-refractivity contribution in [3.8, 4) is 0 Å². The van der Waals surface area contributed by atoms with Crippen LogP contribution in [0.15, 0.2) is 29.2 Å². The van der Waals surface area contributed by atoms with E-state index in [0.717, 1.165) is 5.56 Å². The molecule has 23 heavy (non-hydrogen) atoms. The fourth-order valence-corrected chi connectivity index (χ4v) is 3.28. The number of hydrogen-bond acceptors (Lipinski definition) is 5. The van der Waals surface area contributed by atoms with Gasteiger partial charge in [0.1, 0.15) is 5.41 Å². The third-order valence-corrected chi connectivity index (χ3v) is 5.98. The predicted molar refractivity (Wildman–Crippen MR) is 84.4 cm³/mol. The second-order valence-corrected chi connectivity index (χ2v) is 8.02. The standard InChI is InChI=1S/C16H21NO5S/c1-4-23(20,21)13-7-5-12(6-8-13)11(2)17-14(18)16(9-10-16)15(19)22-3/h5-8,11H,4,9-10H2,1-3H3,(H,17,18)/t11-/m1/s1. The first kappa shape index (κ1) is 17.5. The van der Waals surface area contributed by atoms with Crippen molar-refractivity contribution in [2.24, 2.45) is 5.41 Å². The molecule has 0 aromatic heterocycles. The van der Waals surface area contributed by atoms with Gasteiger partial charge in [-0.15, -0.1) is 0 Å². The lowest BCUT2D eigenvalue weighted by atomic mass is 10.0. The minimum atomic E-state index is -3.24. The van der Waals surface area contributed by atoms with E-state index in [-0.39, 0.29) is 22.6 Å². The van der Waals surface area contributed by atoms with E-state index < -0.39 is 21.2 Å². The van der Waals surface area contributed by atoms with Crippen LogP contribution >= 0.6 is 0 Å². The molecule has 0 heterocycles. The average Bonchev–Trinajstić information content (AvgIpc) is 3.36. The lowest BCUT2D eigenvalue weighted by molar-refractivity contribution is -0.152. The van der Waals surface area contributed by atoms with Crippen molar-refractivity contribution in [3.63, 3.8) is 0 Å². The van der Waals surface area contributed by atoms with Gasteiger partial charge < -0.3 is 10.1 Å². The molecule has 0 saturated heterocycles. The normalized spacial score (nSPS) is 17.2. The van der Waals surface area contributed by atoms with Gasteiger partial charge in [0.2, 0.25) is 5.91 Å². The van der Waals surface area contributed by atoms with Crippen LogP contribution in [0.25, 0.3) is 0 Å². The van der Waals surface area contributed by atoms with Crippen LogP contribution in [0.4, 0.5) is 0 Å². The largest absolute Gasteiger partial charge is 0.468 e. The maximum atomic E-state index is 12.3.